The number of amides is 1. The van der Waals surface area contributed by atoms with Gasteiger partial charge in [0, 0.05) is 18.5 Å². The first-order chi connectivity index (χ1) is 11.0. The van der Waals surface area contributed by atoms with Gasteiger partial charge >= 0.3 is 0 Å². The van der Waals surface area contributed by atoms with Gasteiger partial charge in [-0.1, -0.05) is 0 Å². The van der Waals surface area contributed by atoms with Crippen molar-refractivity contribution in [1.82, 2.24) is 10.2 Å². The number of carbonyl (C=O) groups is 1. The Labute approximate surface area is 136 Å². The zero-order valence-electron chi connectivity index (χ0n) is 13.6. The number of hydrogen-bond donors (Lipinski definition) is 1. The summed E-state index contributed by atoms with van der Waals surface area (Å²) in [6, 6.07) is 3.91. The van der Waals surface area contributed by atoms with E-state index >= 15 is 0 Å². The summed E-state index contributed by atoms with van der Waals surface area (Å²) < 4.78 is 26.8. The van der Waals surface area contributed by atoms with Crippen LogP contribution < -0.4 is 5.32 Å². The van der Waals surface area contributed by atoms with Crippen molar-refractivity contribution in [2.24, 2.45) is 0 Å². The van der Waals surface area contributed by atoms with E-state index in [-0.39, 0.29) is 5.91 Å². The highest BCUT2D eigenvalue weighted by Crippen LogP contribution is 2.46. The van der Waals surface area contributed by atoms with Gasteiger partial charge in [-0.15, -0.1) is 0 Å². The molecule has 3 nitrogen and oxygen atoms in total. The normalized spacial score (nSPS) is 21.2. The van der Waals surface area contributed by atoms with Crippen LogP contribution in [0.3, 0.4) is 0 Å². The van der Waals surface area contributed by atoms with Gasteiger partial charge in [-0.3, -0.25) is 4.79 Å². The van der Waals surface area contributed by atoms with Gasteiger partial charge in [0.15, 0.2) is 0 Å². The van der Waals surface area contributed by atoms with Crippen LogP contribution in [0.4, 0.5) is 8.78 Å². The van der Waals surface area contributed by atoms with Gasteiger partial charge in [0.25, 0.3) is 0 Å². The second-order valence-corrected chi connectivity index (χ2v) is 6.92. The maximum Gasteiger partial charge on any atom is 0.220 e. The van der Waals surface area contributed by atoms with Gasteiger partial charge in [0.1, 0.15) is 11.6 Å². The molecule has 1 N–H and O–H groups in total. The summed E-state index contributed by atoms with van der Waals surface area (Å²) in [6.07, 6.45) is 5.23. The van der Waals surface area contributed by atoms with E-state index in [2.05, 4.69) is 17.1 Å². The Kier molecular flexibility index (Phi) is 4.67. The molecule has 1 atom stereocenters. The molecule has 1 saturated carbocycles. The zero-order valence-corrected chi connectivity index (χ0v) is 13.6. The largest absolute Gasteiger partial charge is 0.347 e. The summed E-state index contributed by atoms with van der Waals surface area (Å²) in [6.45, 7) is 4.40. The minimum absolute atomic E-state index is 0.0294. The van der Waals surface area contributed by atoms with Gasteiger partial charge in [-0.25, -0.2) is 8.78 Å². The van der Waals surface area contributed by atoms with E-state index in [9.17, 15) is 13.6 Å². The Hall–Kier alpha value is -1.49. The number of likely N-dealkylation sites (tertiary alicyclic amines) is 1. The number of nitrogens with zero attached hydrogens (tertiary/aromatic N) is 1. The zero-order chi connectivity index (χ0) is 16.4. The lowest BCUT2D eigenvalue weighted by Gasteiger charge is -2.24. The van der Waals surface area contributed by atoms with Crippen molar-refractivity contribution in [3.8, 4) is 0 Å². The molecule has 0 aromatic heterocycles. The topological polar surface area (TPSA) is 32.3 Å². The number of nitrogens with one attached hydrogen (secondary N) is 1. The molecule has 1 aromatic carbocycles. The smallest absolute Gasteiger partial charge is 0.220 e. The maximum atomic E-state index is 13.4. The molecule has 1 saturated heterocycles. The highest BCUT2D eigenvalue weighted by molar-refractivity contribution is 5.77. The monoisotopic (exact) mass is 322 g/mol. The maximum absolute atomic E-state index is 13.4. The van der Waals surface area contributed by atoms with Crippen molar-refractivity contribution in [2.45, 2.75) is 57.0 Å². The van der Waals surface area contributed by atoms with Crippen LogP contribution in [-0.2, 0) is 10.3 Å². The lowest BCUT2D eigenvalue weighted by Crippen LogP contribution is -2.36. The van der Waals surface area contributed by atoms with Crippen molar-refractivity contribution in [2.75, 3.05) is 13.1 Å². The predicted octanol–water partition coefficient (Wildman–Crippen LogP) is 3.33. The van der Waals surface area contributed by atoms with Crippen LogP contribution in [0.15, 0.2) is 18.2 Å². The second kappa shape index (κ2) is 6.56. The van der Waals surface area contributed by atoms with Crippen LogP contribution in [-0.4, -0.2) is 29.9 Å². The molecule has 2 fully saturated rings. The van der Waals surface area contributed by atoms with Gasteiger partial charge in [0.2, 0.25) is 5.91 Å². The molecular weight excluding hydrogens is 298 g/mol. The number of benzene rings is 1. The van der Waals surface area contributed by atoms with Crippen LogP contribution in [0, 0.1) is 11.6 Å². The Morgan fingerprint density at radius 1 is 1.22 bits per heavy atom. The minimum atomic E-state index is -0.594. The molecule has 0 radical (unpaired) electrons. The standard InChI is InChI=1S/C18H24F2N2O/c1-13(22-8-2-3-9-22)4-5-17(23)21-18(6-7-18)14-10-15(19)12-16(20)11-14/h10-13H,2-9H2,1H3,(H,21,23). The summed E-state index contributed by atoms with van der Waals surface area (Å²) in [5.74, 6) is -1.22. The van der Waals surface area contributed by atoms with E-state index < -0.39 is 17.2 Å². The first kappa shape index (κ1) is 16.4. The molecule has 1 amide bonds. The molecule has 126 valence electrons. The first-order valence-electron chi connectivity index (χ1n) is 8.50. The summed E-state index contributed by atoms with van der Waals surface area (Å²) in [4.78, 5) is 14.7. The Bertz CT molecular complexity index is 560. The Morgan fingerprint density at radius 2 is 1.83 bits per heavy atom. The summed E-state index contributed by atoms with van der Waals surface area (Å²) in [5, 5.41) is 2.99. The second-order valence-electron chi connectivity index (χ2n) is 6.92. The van der Waals surface area contributed by atoms with Crippen molar-refractivity contribution in [3.05, 3.63) is 35.4 Å². The lowest BCUT2D eigenvalue weighted by molar-refractivity contribution is -0.122. The molecule has 0 spiro atoms. The molecule has 2 aliphatic rings. The van der Waals surface area contributed by atoms with Crippen LogP contribution in [0.25, 0.3) is 0 Å². The van der Waals surface area contributed by atoms with Crippen LogP contribution in [0.5, 0.6) is 0 Å². The molecular formula is C18H24F2N2O. The van der Waals surface area contributed by atoms with Crippen molar-refractivity contribution in [3.63, 3.8) is 0 Å². The summed E-state index contributed by atoms with van der Waals surface area (Å²) >= 11 is 0. The van der Waals surface area contributed by atoms with Crippen molar-refractivity contribution in [1.29, 1.82) is 0 Å². The lowest BCUT2D eigenvalue weighted by atomic mass is 10.0. The van der Waals surface area contributed by atoms with Crippen LogP contribution in [0.1, 0.15) is 51.0 Å². The number of carbonyl (C=O) groups excluding carboxylic acids is 1. The molecule has 23 heavy (non-hydrogen) atoms. The molecule has 5 heteroatoms. The molecule has 1 unspecified atom stereocenters. The molecule has 1 aliphatic carbocycles. The molecule has 3 rings (SSSR count). The van der Waals surface area contributed by atoms with Gasteiger partial charge in [-0.2, -0.15) is 0 Å². The average Bonchev–Trinajstić information content (AvgIpc) is 3.07. The molecule has 1 aromatic rings. The first-order valence-corrected chi connectivity index (χ1v) is 8.50. The molecule has 1 aliphatic heterocycles. The molecule has 1 heterocycles. The number of hydrogen-bond acceptors (Lipinski definition) is 2. The highest BCUT2D eigenvalue weighted by atomic mass is 19.1. The van der Waals surface area contributed by atoms with Gasteiger partial charge in [-0.05, 0) is 69.8 Å². The fraction of sp³-hybridized carbons (Fsp3) is 0.611. The van der Waals surface area contributed by atoms with E-state index in [4.69, 9.17) is 0 Å². The van der Waals surface area contributed by atoms with Gasteiger partial charge < -0.3 is 10.2 Å². The quantitative estimate of drug-likeness (QED) is 0.871. The fourth-order valence-corrected chi connectivity index (χ4v) is 3.48. The minimum Gasteiger partial charge on any atom is -0.347 e. The Morgan fingerprint density at radius 3 is 2.39 bits per heavy atom. The summed E-state index contributed by atoms with van der Waals surface area (Å²) in [7, 11) is 0. The van der Waals surface area contributed by atoms with E-state index in [0.29, 0.717) is 18.0 Å². The van der Waals surface area contributed by atoms with E-state index in [1.165, 1.54) is 25.0 Å². The third-order valence-corrected chi connectivity index (χ3v) is 5.10. The van der Waals surface area contributed by atoms with Gasteiger partial charge in [0.05, 0.1) is 5.54 Å². The summed E-state index contributed by atoms with van der Waals surface area (Å²) in [5.41, 5.74) is -0.0207. The molecule has 0 bridgehead atoms. The van der Waals surface area contributed by atoms with Crippen molar-refractivity contribution < 1.29 is 13.6 Å². The SMILES string of the molecule is CC(CCC(=O)NC1(c2cc(F)cc(F)c2)CC1)N1CCCC1. The third kappa shape index (κ3) is 3.89. The number of halogens is 2. The van der Waals surface area contributed by atoms with Crippen molar-refractivity contribution >= 4 is 5.91 Å². The average molecular weight is 322 g/mol. The predicted molar refractivity (Wildman–Crippen MR) is 84.9 cm³/mol. The van der Waals surface area contributed by atoms with E-state index in [1.807, 2.05) is 0 Å². The van der Waals surface area contributed by atoms with E-state index in [0.717, 1.165) is 38.4 Å². The Balaban J connectivity index is 1.54. The third-order valence-electron chi connectivity index (χ3n) is 5.10. The highest BCUT2D eigenvalue weighted by Gasteiger charge is 2.46. The van der Waals surface area contributed by atoms with E-state index in [1.54, 1.807) is 0 Å². The van der Waals surface area contributed by atoms with Crippen LogP contribution in [0.2, 0.25) is 0 Å². The number of rotatable bonds is 6. The van der Waals surface area contributed by atoms with Crippen LogP contribution >= 0.6 is 0 Å². The fourth-order valence-electron chi connectivity index (χ4n) is 3.48.